The standard InChI is InChI=1S/C10H10F2N2O2/c11-10(12)6-13-9(16)14(10)5-7-1-3-8(15)4-2-7/h1-4,15H,5-6H2,(H,13,16). The second-order valence-electron chi connectivity index (χ2n) is 3.58. The number of alkyl halides is 2. The number of phenols is 1. The van der Waals surface area contributed by atoms with Crippen molar-refractivity contribution in [3.05, 3.63) is 29.8 Å². The van der Waals surface area contributed by atoms with Crippen LogP contribution < -0.4 is 5.32 Å². The Bertz CT molecular complexity index is 406. The van der Waals surface area contributed by atoms with E-state index >= 15 is 0 Å². The maximum atomic E-state index is 13.2. The molecule has 0 atom stereocenters. The minimum absolute atomic E-state index is 0.0568. The van der Waals surface area contributed by atoms with Gasteiger partial charge < -0.3 is 10.4 Å². The molecule has 16 heavy (non-hydrogen) atoms. The van der Waals surface area contributed by atoms with Crippen LogP contribution in [0.3, 0.4) is 0 Å². The highest BCUT2D eigenvalue weighted by Gasteiger charge is 2.46. The number of nitrogens with zero attached hydrogens (tertiary/aromatic N) is 1. The Kier molecular flexibility index (Phi) is 2.41. The Hall–Kier alpha value is -1.85. The summed E-state index contributed by atoms with van der Waals surface area (Å²) in [4.78, 5) is 11.6. The Morgan fingerprint density at radius 3 is 2.50 bits per heavy atom. The molecule has 1 aliphatic heterocycles. The lowest BCUT2D eigenvalue weighted by molar-refractivity contribution is -0.0945. The van der Waals surface area contributed by atoms with Crippen LogP contribution in [0.15, 0.2) is 24.3 Å². The lowest BCUT2D eigenvalue weighted by atomic mass is 10.2. The molecule has 2 amide bonds. The van der Waals surface area contributed by atoms with Gasteiger partial charge in [-0.15, -0.1) is 0 Å². The molecule has 0 aromatic heterocycles. The highest BCUT2D eigenvalue weighted by Crippen LogP contribution is 2.26. The van der Waals surface area contributed by atoms with E-state index in [0.717, 1.165) is 0 Å². The average Bonchev–Trinajstić information content (AvgIpc) is 2.48. The van der Waals surface area contributed by atoms with Gasteiger partial charge >= 0.3 is 12.1 Å². The summed E-state index contributed by atoms with van der Waals surface area (Å²) in [6.45, 7) is -0.844. The smallest absolute Gasteiger partial charge is 0.346 e. The maximum Gasteiger partial charge on any atom is 0.346 e. The number of rotatable bonds is 2. The minimum atomic E-state index is -3.16. The Labute approximate surface area is 90.5 Å². The van der Waals surface area contributed by atoms with Crippen LogP contribution in [0.4, 0.5) is 13.6 Å². The molecular formula is C10H10F2N2O2. The Balaban J connectivity index is 2.15. The van der Waals surface area contributed by atoms with E-state index in [9.17, 15) is 13.6 Å². The first-order valence-electron chi connectivity index (χ1n) is 4.70. The SMILES string of the molecule is O=C1NCC(F)(F)N1Cc1ccc(O)cc1. The molecule has 1 heterocycles. The van der Waals surface area contributed by atoms with Crippen molar-refractivity contribution in [2.45, 2.75) is 12.6 Å². The maximum absolute atomic E-state index is 13.2. The molecular weight excluding hydrogens is 218 g/mol. The molecule has 0 aliphatic carbocycles. The van der Waals surface area contributed by atoms with Crippen LogP contribution >= 0.6 is 0 Å². The van der Waals surface area contributed by atoms with Crippen LogP contribution in [0.25, 0.3) is 0 Å². The fourth-order valence-corrected chi connectivity index (χ4v) is 1.49. The first-order chi connectivity index (χ1) is 7.49. The van der Waals surface area contributed by atoms with Gasteiger partial charge in [0.25, 0.3) is 0 Å². The van der Waals surface area contributed by atoms with Gasteiger partial charge in [0.15, 0.2) is 0 Å². The molecule has 1 saturated heterocycles. The first kappa shape index (κ1) is 10.7. The molecule has 6 heteroatoms. The lowest BCUT2D eigenvalue weighted by Gasteiger charge is -2.21. The third kappa shape index (κ3) is 1.91. The zero-order valence-electron chi connectivity index (χ0n) is 8.28. The van der Waals surface area contributed by atoms with Crippen molar-refractivity contribution in [2.24, 2.45) is 0 Å². The molecule has 4 nitrogen and oxygen atoms in total. The van der Waals surface area contributed by atoms with Gasteiger partial charge in [-0.25, -0.2) is 4.79 Å². The second kappa shape index (κ2) is 3.62. The summed E-state index contributed by atoms with van der Waals surface area (Å²) in [6.07, 6.45) is 0. The summed E-state index contributed by atoms with van der Waals surface area (Å²) in [5.41, 5.74) is 0.537. The second-order valence-corrected chi connectivity index (χ2v) is 3.58. The molecule has 1 aliphatic rings. The van der Waals surface area contributed by atoms with Gasteiger partial charge in [0.1, 0.15) is 12.3 Å². The normalized spacial score (nSPS) is 18.6. The highest BCUT2D eigenvalue weighted by atomic mass is 19.3. The number of amides is 2. The molecule has 0 saturated carbocycles. The van der Waals surface area contributed by atoms with Crippen LogP contribution in [0, 0.1) is 0 Å². The highest BCUT2D eigenvalue weighted by molar-refractivity contribution is 5.77. The molecule has 1 aromatic carbocycles. The summed E-state index contributed by atoms with van der Waals surface area (Å²) in [6, 6.07) is 1.84. The van der Waals surface area contributed by atoms with Crippen LogP contribution in [-0.2, 0) is 6.54 Å². The predicted molar refractivity (Wildman–Crippen MR) is 52.0 cm³/mol. The monoisotopic (exact) mass is 228 g/mol. The number of hydrogen-bond acceptors (Lipinski definition) is 2. The number of carbonyl (C=O) groups excluding carboxylic acids is 1. The van der Waals surface area contributed by atoms with Crippen LogP contribution in [0.5, 0.6) is 5.75 Å². The first-order valence-corrected chi connectivity index (χ1v) is 4.70. The van der Waals surface area contributed by atoms with Crippen molar-refractivity contribution >= 4 is 6.03 Å². The van der Waals surface area contributed by atoms with Gasteiger partial charge in [-0.3, -0.25) is 4.90 Å². The van der Waals surface area contributed by atoms with Gasteiger partial charge in [0.2, 0.25) is 0 Å². The van der Waals surface area contributed by atoms with E-state index in [0.29, 0.717) is 10.5 Å². The number of nitrogens with one attached hydrogen (secondary N) is 1. The van der Waals surface area contributed by atoms with Gasteiger partial charge in [-0.1, -0.05) is 12.1 Å². The lowest BCUT2D eigenvalue weighted by Crippen LogP contribution is -2.38. The van der Waals surface area contributed by atoms with E-state index in [1.165, 1.54) is 24.3 Å². The van der Waals surface area contributed by atoms with E-state index in [4.69, 9.17) is 5.11 Å². The van der Waals surface area contributed by atoms with Crippen LogP contribution in [0.1, 0.15) is 5.56 Å². The Morgan fingerprint density at radius 2 is 2.00 bits per heavy atom. The summed E-state index contributed by atoms with van der Waals surface area (Å²) < 4.78 is 26.4. The summed E-state index contributed by atoms with van der Waals surface area (Å²) in [5, 5.41) is 11.1. The van der Waals surface area contributed by atoms with E-state index in [1.807, 2.05) is 0 Å². The number of phenolic OH excluding ortho intramolecular Hbond substituents is 1. The van der Waals surface area contributed by atoms with E-state index in [-0.39, 0.29) is 12.3 Å². The van der Waals surface area contributed by atoms with Gasteiger partial charge in [0.05, 0.1) is 6.54 Å². The van der Waals surface area contributed by atoms with Crippen molar-refractivity contribution in [3.8, 4) is 5.75 Å². The van der Waals surface area contributed by atoms with Crippen molar-refractivity contribution in [1.29, 1.82) is 0 Å². The van der Waals surface area contributed by atoms with E-state index in [1.54, 1.807) is 0 Å². The summed E-state index contributed by atoms with van der Waals surface area (Å²) >= 11 is 0. The van der Waals surface area contributed by atoms with Crippen molar-refractivity contribution in [2.75, 3.05) is 6.54 Å². The molecule has 2 rings (SSSR count). The topological polar surface area (TPSA) is 52.6 Å². The number of hydrogen-bond donors (Lipinski definition) is 2. The fraction of sp³-hybridized carbons (Fsp3) is 0.300. The van der Waals surface area contributed by atoms with Crippen LogP contribution in [0.2, 0.25) is 0 Å². The molecule has 86 valence electrons. The number of halogens is 2. The van der Waals surface area contributed by atoms with E-state index in [2.05, 4.69) is 5.32 Å². The fourth-order valence-electron chi connectivity index (χ4n) is 1.49. The van der Waals surface area contributed by atoms with E-state index < -0.39 is 18.6 Å². The van der Waals surface area contributed by atoms with Gasteiger partial charge in [0, 0.05) is 0 Å². The zero-order chi connectivity index (χ0) is 11.8. The zero-order valence-corrected chi connectivity index (χ0v) is 8.28. The number of benzene rings is 1. The molecule has 0 spiro atoms. The quantitative estimate of drug-likeness (QED) is 0.754. The number of urea groups is 1. The minimum Gasteiger partial charge on any atom is -0.508 e. The van der Waals surface area contributed by atoms with Crippen molar-refractivity contribution < 1.29 is 18.7 Å². The predicted octanol–water partition coefficient (Wildman–Crippen LogP) is 1.51. The average molecular weight is 228 g/mol. The summed E-state index contributed by atoms with van der Waals surface area (Å²) in [7, 11) is 0. The Morgan fingerprint density at radius 1 is 1.38 bits per heavy atom. The van der Waals surface area contributed by atoms with Crippen LogP contribution in [-0.4, -0.2) is 28.6 Å². The molecule has 1 aromatic rings. The summed E-state index contributed by atoms with van der Waals surface area (Å²) in [5.74, 6) is 0.0568. The number of carbonyl (C=O) groups is 1. The molecule has 0 radical (unpaired) electrons. The largest absolute Gasteiger partial charge is 0.508 e. The molecule has 0 unspecified atom stereocenters. The van der Waals surface area contributed by atoms with Gasteiger partial charge in [-0.05, 0) is 17.7 Å². The van der Waals surface area contributed by atoms with Crippen molar-refractivity contribution in [1.82, 2.24) is 10.2 Å². The molecule has 0 bridgehead atoms. The third-order valence-corrected chi connectivity index (χ3v) is 2.37. The molecule has 1 fully saturated rings. The molecule has 2 N–H and O–H groups in total. The van der Waals surface area contributed by atoms with Crippen molar-refractivity contribution in [3.63, 3.8) is 0 Å². The number of aromatic hydroxyl groups is 1. The third-order valence-electron chi connectivity index (χ3n) is 2.37. The van der Waals surface area contributed by atoms with Gasteiger partial charge in [-0.2, -0.15) is 8.78 Å².